The molecule has 1 aliphatic heterocycles. The lowest BCUT2D eigenvalue weighted by atomic mass is 10.2. The number of hydrogen-bond acceptors (Lipinski definition) is 3. The minimum atomic E-state index is -0.0245. The van der Waals surface area contributed by atoms with Gasteiger partial charge in [-0.1, -0.05) is 0 Å². The molecule has 1 heterocycles. The van der Waals surface area contributed by atoms with Crippen molar-refractivity contribution in [2.75, 3.05) is 19.7 Å². The molecule has 1 unspecified atom stereocenters. The molecule has 2 N–H and O–H groups in total. The maximum Gasteiger partial charge on any atom is 0.127 e. The molecule has 0 aromatic heterocycles. The lowest BCUT2D eigenvalue weighted by Gasteiger charge is -2.35. The van der Waals surface area contributed by atoms with Crippen LogP contribution < -0.4 is 5.73 Å². The highest BCUT2D eigenvalue weighted by Crippen LogP contribution is 2.09. The van der Waals surface area contributed by atoms with Gasteiger partial charge in [0, 0.05) is 25.2 Å². The van der Waals surface area contributed by atoms with E-state index in [-0.39, 0.29) is 12.1 Å². The van der Waals surface area contributed by atoms with Crippen LogP contribution in [0.3, 0.4) is 0 Å². The van der Waals surface area contributed by atoms with E-state index in [0.717, 1.165) is 19.7 Å². The smallest absolute Gasteiger partial charge is 0.127 e. The molecule has 0 aliphatic carbocycles. The Balaban J connectivity index is 2.56. The summed E-state index contributed by atoms with van der Waals surface area (Å²) < 4.78 is 5.62. The highest BCUT2D eigenvalue weighted by molar-refractivity contribution is 5.85. The van der Waals surface area contributed by atoms with E-state index in [4.69, 9.17) is 10.5 Å². The second-order valence-electron chi connectivity index (χ2n) is 4.60. The molecule has 1 aliphatic rings. The van der Waals surface area contributed by atoms with Crippen molar-refractivity contribution in [1.29, 1.82) is 0 Å². The Morgan fingerprint density at radius 2 is 2.07 bits per heavy atom. The molecule has 15 heavy (non-hydrogen) atoms. The average Bonchev–Trinajstić information content (AvgIpc) is 2.17. The molecule has 0 radical (unpaired) electrons. The molecule has 0 aromatic carbocycles. The fourth-order valence-electron chi connectivity index (χ4n) is 1.70. The predicted octanol–water partition coefficient (Wildman–Crippen LogP) is 0.861. The first-order valence-electron chi connectivity index (χ1n) is 5.69. The molecule has 0 amide bonds. The summed E-state index contributed by atoms with van der Waals surface area (Å²) >= 11 is 0. The Labute approximate surface area is 92.5 Å². The molecular formula is C11H23N3O. The first-order chi connectivity index (χ1) is 7.00. The van der Waals surface area contributed by atoms with Crippen LogP contribution in [0.25, 0.3) is 0 Å². The number of amidine groups is 1. The SMILES string of the molecule is CC(C)N=C(N)C1CN(C(C)C)CCO1. The van der Waals surface area contributed by atoms with Gasteiger partial charge in [-0.05, 0) is 27.7 Å². The molecule has 1 rings (SSSR count). The molecule has 0 aromatic rings. The molecule has 0 bridgehead atoms. The van der Waals surface area contributed by atoms with Crippen LogP contribution in [0.15, 0.2) is 4.99 Å². The van der Waals surface area contributed by atoms with Gasteiger partial charge < -0.3 is 10.5 Å². The number of aliphatic imine (C=N–C) groups is 1. The monoisotopic (exact) mass is 213 g/mol. The summed E-state index contributed by atoms with van der Waals surface area (Å²) in [5, 5.41) is 0. The third-order valence-electron chi connectivity index (χ3n) is 2.57. The molecule has 1 fully saturated rings. The maximum absolute atomic E-state index is 5.91. The van der Waals surface area contributed by atoms with Crippen LogP contribution in [0.1, 0.15) is 27.7 Å². The van der Waals surface area contributed by atoms with Crippen molar-refractivity contribution in [3.05, 3.63) is 0 Å². The third-order valence-corrected chi connectivity index (χ3v) is 2.57. The van der Waals surface area contributed by atoms with Crippen LogP contribution in [0.5, 0.6) is 0 Å². The number of rotatable bonds is 3. The van der Waals surface area contributed by atoms with Crippen molar-refractivity contribution in [3.8, 4) is 0 Å². The van der Waals surface area contributed by atoms with Gasteiger partial charge in [0.25, 0.3) is 0 Å². The van der Waals surface area contributed by atoms with Crippen molar-refractivity contribution >= 4 is 5.84 Å². The van der Waals surface area contributed by atoms with E-state index < -0.39 is 0 Å². The molecule has 1 saturated heterocycles. The van der Waals surface area contributed by atoms with E-state index in [1.807, 2.05) is 13.8 Å². The zero-order chi connectivity index (χ0) is 11.4. The van der Waals surface area contributed by atoms with Crippen molar-refractivity contribution in [3.63, 3.8) is 0 Å². The summed E-state index contributed by atoms with van der Waals surface area (Å²) in [4.78, 5) is 6.71. The lowest BCUT2D eigenvalue weighted by Crippen LogP contribution is -2.50. The van der Waals surface area contributed by atoms with Crippen LogP contribution in [0.2, 0.25) is 0 Å². The minimum absolute atomic E-state index is 0.0245. The highest BCUT2D eigenvalue weighted by Gasteiger charge is 2.24. The summed E-state index contributed by atoms with van der Waals surface area (Å²) in [6.45, 7) is 11.0. The Kier molecular flexibility index (Phi) is 4.54. The number of nitrogens with zero attached hydrogens (tertiary/aromatic N) is 2. The minimum Gasteiger partial charge on any atom is -0.385 e. The first-order valence-corrected chi connectivity index (χ1v) is 5.69. The van der Waals surface area contributed by atoms with Gasteiger partial charge in [-0.3, -0.25) is 9.89 Å². The van der Waals surface area contributed by atoms with Gasteiger partial charge in [0.15, 0.2) is 0 Å². The van der Waals surface area contributed by atoms with Crippen LogP contribution in [-0.4, -0.2) is 48.6 Å². The van der Waals surface area contributed by atoms with Crippen molar-refractivity contribution in [1.82, 2.24) is 4.90 Å². The van der Waals surface area contributed by atoms with Gasteiger partial charge in [0.1, 0.15) is 11.9 Å². The Hall–Kier alpha value is -0.610. The summed E-state index contributed by atoms with van der Waals surface area (Å²) in [6, 6.07) is 0.784. The average molecular weight is 213 g/mol. The third kappa shape index (κ3) is 3.80. The van der Waals surface area contributed by atoms with Crippen molar-refractivity contribution in [2.45, 2.75) is 45.9 Å². The Bertz CT molecular complexity index is 226. The summed E-state index contributed by atoms with van der Waals surface area (Å²) in [5.41, 5.74) is 5.91. The van der Waals surface area contributed by atoms with E-state index in [1.165, 1.54) is 0 Å². The second-order valence-corrected chi connectivity index (χ2v) is 4.60. The predicted molar refractivity (Wildman–Crippen MR) is 63.2 cm³/mol. The largest absolute Gasteiger partial charge is 0.385 e. The van der Waals surface area contributed by atoms with E-state index in [9.17, 15) is 0 Å². The van der Waals surface area contributed by atoms with Crippen molar-refractivity contribution in [2.24, 2.45) is 10.7 Å². The molecule has 1 atom stereocenters. The van der Waals surface area contributed by atoms with E-state index in [0.29, 0.717) is 11.9 Å². The van der Waals surface area contributed by atoms with Gasteiger partial charge in [-0.25, -0.2) is 0 Å². The maximum atomic E-state index is 5.91. The van der Waals surface area contributed by atoms with Gasteiger partial charge in [-0.2, -0.15) is 0 Å². The van der Waals surface area contributed by atoms with Crippen LogP contribution in [0.4, 0.5) is 0 Å². The number of morpholine rings is 1. The second kappa shape index (κ2) is 5.47. The molecular weight excluding hydrogens is 190 g/mol. The zero-order valence-corrected chi connectivity index (χ0v) is 10.2. The summed E-state index contributed by atoms with van der Waals surface area (Å²) in [6.07, 6.45) is -0.0245. The highest BCUT2D eigenvalue weighted by atomic mass is 16.5. The molecule has 4 nitrogen and oxygen atoms in total. The molecule has 4 heteroatoms. The van der Waals surface area contributed by atoms with Crippen LogP contribution in [0, 0.1) is 0 Å². The number of nitrogens with two attached hydrogens (primary N) is 1. The quantitative estimate of drug-likeness (QED) is 0.559. The van der Waals surface area contributed by atoms with Crippen molar-refractivity contribution < 1.29 is 4.74 Å². The van der Waals surface area contributed by atoms with E-state index in [1.54, 1.807) is 0 Å². The standard InChI is InChI=1S/C11H23N3O/c1-8(2)13-11(12)10-7-14(9(3)4)5-6-15-10/h8-10H,5-7H2,1-4H3,(H2,12,13). The van der Waals surface area contributed by atoms with Gasteiger partial charge >= 0.3 is 0 Å². The molecule has 0 spiro atoms. The topological polar surface area (TPSA) is 50.8 Å². The van der Waals surface area contributed by atoms with Gasteiger partial charge in [0.05, 0.1) is 6.61 Å². The summed E-state index contributed by atoms with van der Waals surface area (Å²) in [5.74, 6) is 0.635. The zero-order valence-electron chi connectivity index (χ0n) is 10.2. The molecule has 0 saturated carbocycles. The van der Waals surface area contributed by atoms with Gasteiger partial charge in [0.2, 0.25) is 0 Å². The molecule has 88 valence electrons. The fourth-order valence-corrected chi connectivity index (χ4v) is 1.70. The van der Waals surface area contributed by atoms with Crippen LogP contribution in [-0.2, 0) is 4.74 Å². The first kappa shape index (κ1) is 12.5. The number of ether oxygens (including phenoxy) is 1. The fraction of sp³-hybridized carbons (Fsp3) is 0.909. The van der Waals surface area contributed by atoms with E-state index >= 15 is 0 Å². The van der Waals surface area contributed by atoms with Gasteiger partial charge in [-0.15, -0.1) is 0 Å². The van der Waals surface area contributed by atoms with Crippen LogP contribution >= 0.6 is 0 Å². The Morgan fingerprint density at radius 3 is 2.60 bits per heavy atom. The summed E-state index contributed by atoms with van der Waals surface area (Å²) in [7, 11) is 0. The van der Waals surface area contributed by atoms with E-state index in [2.05, 4.69) is 23.7 Å². The number of hydrogen-bond donors (Lipinski definition) is 1. The Morgan fingerprint density at radius 1 is 1.40 bits per heavy atom. The lowest BCUT2D eigenvalue weighted by molar-refractivity contribution is -0.00623. The normalized spacial score (nSPS) is 25.2.